The van der Waals surface area contributed by atoms with Crippen molar-refractivity contribution in [2.75, 3.05) is 6.54 Å². The van der Waals surface area contributed by atoms with Crippen molar-refractivity contribution in [1.29, 1.82) is 0 Å². The van der Waals surface area contributed by atoms with Gasteiger partial charge in [-0.05, 0) is 91.0 Å². The summed E-state index contributed by atoms with van der Waals surface area (Å²) in [6, 6.07) is 20.0. The second kappa shape index (κ2) is 11.2. The van der Waals surface area contributed by atoms with Gasteiger partial charge in [-0.3, -0.25) is 9.71 Å². The van der Waals surface area contributed by atoms with Gasteiger partial charge in [0.1, 0.15) is 0 Å². The minimum Gasteiger partial charge on any atom is -0.267 e. The van der Waals surface area contributed by atoms with E-state index in [2.05, 4.69) is 91.0 Å². The largest absolute Gasteiger partial charge is 0.267 e. The molecule has 1 atom stereocenters. The van der Waals surface area contributed by atoms with Crippen LogP contribution < -0.4 is 4.72 Å². The highest BCUT2D eigenvalue weighted by Gasteiger charge is 2.12. The molecule has 3 rings (SSSR count). The molecule has 1 aromatic heterocycles. The molecule has 0 aliphatic rings. The van der Waals surface area contributed by atoms with Gasteiger partial charge in [-0.25, -0.2) is 0 Å². The van der Waals surface area contributed by atoms with Gasteiger partial charge in [0.2, 0.25) is 0 Å². The van der Waals surface area contributed by atoms with Gasteiger partial charge in [0, 0.05) is 18.9 Å². The van der Waals surface area contributed by atoms with Crippen LogP contribution in [-0.4, -0.2) is 11.5 Å². The fraction of sp³-hybridized carbons (Fsp3) is 0.346. The van der Waals surface area contributed by atoms with E-state index in [0.29, 0.717) is 5.92 Å². The second-order valence-electron chi connectivity index (χ2n) is 7.86. The Morgan fingerprint density at radius 2 is 1.66 bits per heavy atom. The van der Waals surface area contributed by atoms with E-state index in [9.17, 15) is 0 Å². The van der Waals surface area contributed by atoms with E-state index >= 15 is 0 Å². The minimum absolute atomic E-state index is 0.569. The smallest absolute Gasteiger partial charge is 0.0270 e. The molecule has 3 aromatic rings. The van der Waals surface area contributed by atoms with Gasteiger partial charge in [0.05, 0.1) is 0 Å². The van der Waals surface area contributed by atoms with E-state index < -0.39 is 0 Å². The average molecular weight is 405 g/mol. The summed E-state index contributed by atoms with van der Waals surface area (Å²) >= 11 is 4.19. The Morgan fingerprint density at radius 1 is 0.897 bits per heavy atom. The predicted octanol–water partition coefficient (Wildman–Crippen LogP) is 6.69. The third kappa shape index (κ3) is 6.19. The van der Waals surface area contributed by atoms with Crippen LogP contribution in [0.1, 0.15) is 53.9 Å². The lowest BCUT2D eigenvalue weighted by atomic mass is 9.88. The third-order valence-corrected chi connectivity index (χ3v) is 6.14. The summed E-state index contributed by atoms with van der Waals surface area (Å²) < 4.78 is 3.02. The first-order chi connectivity index (χ1) is 14.2. The molecule has 0 aliphatic heterocycles. The Kier molecular flexibility index (Phi) is 8.33. The molecule has 1 heterocycles. The molecule has 0 saturated heterocycles. The number of nitrogens with zero attached hydrogens (tertiary/aromatic N) is 1. The number of unbranched alkanes of at least 4 members (excludes halogenated alkanes) is 1. The summed E-state index contributed by atoms with van der Waals surface area (Å²) in [6.45, 7) is 5.32. The molecule has 0 spiro atoms. The summed E-state index contributed by atoms with van der Waals surface area (Å²) in [4.78, 5) is 4.10. The molecular formula is C26H32N2S. The number of hydrogen-bond donors (Lipinski definition) is 2. The Labute approximate surface area is 181 Å². The standard InChI is InChI=1S/C26H32N2S/c1-20-6-5-9-26(21(20)2)25-12-10-24(11-13-25)23(16-19-28-29)8-4-3-7-22-14-17-27-18-15-22/h5-6,9-15,17-18,23,28-29H,3-4,7-8,16,19H2,1-2H3. The van der Waals surface area contributed by atoms with E-state index in [1.807, 2.05) is 12.4 Å². The van der Waals surface area contributed by atoms with Crippen molar-refractivity contribution in [3.63, 3.8) is 0 Å². The van der Waals surface area contributed by atoms with Crippen molar-refractivity contribution in [1.82, 2.24) is 9.71 Å². The van der Waals surface area contributed by atoms with Gasteiger partial charge in [-0.2, -0.15) is 0 Å². The molecule has 152 valence electrons. The maximum absolute atomic E-state index is 4.19. The number of benzene rings is 2. The van der Waals surface area contributed by atoms with Crippen LogP contribution in [0.25, 0.3) is 11.1 Å². The normalized spacial score (nSPS) is 12.1. The van der Waals surface area contributed by atoms with Crippen molar-refractivity contribution in [3.05, 3.63) is 89.2 Å². The summed E-state index contributed by atoms with van der Waals surface area (Å²) in [5.41, 5.74) is 8.17. The van der Waals surface area contributed by atoms with Gasteiger partial charge >= 0.3 is 0 Å². The molecule has 0 fully saturated rings. The van der Waals surface area contributed by atoms with Crippen LogP contribution in [0.4, 0.5) is 0 Å². The van der Waals surface area contributed by atoms with Gasteiger partial charge in [-0.15, -0.1) is 0 Å². The summed E-state index contributed by atoms with van der Waals surface area (Å²) in [6.07, 6.45) is 9.67. The van der Waals surface area contributed by atoms with Crippen LogP contribution in [0.2, 0.25) is 0 Å². The summed E-state index contributed by atoms with van der Waals surface area (Å²) in [7, 11) is 0. The molecule has 1 N–H and O–H groups in total. The van der Waals surface area contributed by atoms with Gasteiger partial charge in [-0.1, -0.05) is 61.7 Å². The quantitative estimate of drug-likeness (QED) is 0.291. The number of thiol groups is 1. The number of hydrogen-bond acceptors (Lipinski definition) is 3. The number of aryl methyl sites for hydroxylation is 2. The lowest BCUT2D eigenvalue weighted by Gasteiger charge is -2.18. The highest BCUT2D eigenvalue weighted by atomic mass is 32.1. The van der Waals surface area contributed by atoms with Crippen molar-refractivity contribution < 1.29 is 0 Å². The van der Waals surface area contributed by atoms with Crippen LogP contribution in [-0.2, 0) is 6.42 Å². The van der Waals surface area contributed by atoms with Crippen LogP contribution in [0, 0.1) is 13.8 Å². The van der Waals surface area contributed by atoms with Crippen molar-refractivity contribution in [2.24, 2.45) is 0 Å². The predicted molar refractivity (Wildman–Crippen MR) is 127 cm³/mol. The van der Waals surface area contributed by atoms with E-state index in [0.717, 1.165) is 19.4 Å². The van der Waals surface area contributed by atoms with Crippen LogP contribution in [0.3, 0.4) is 0 Å². The van der Waals surface area contributed by atoms with Crippen molar-refractivity contribution in [3.8, 4) is 11.1 Å². The lowest BCUT2D eigenvalue weighted by molar-refractivity contribution is 0.538. The molecule has 3 heteroatoms. The first kappa shape index (κ1) is 21.6. The van der Waals surface area contributed by atoms with Gasteiger partial charge < -0.3 is 0 Å². The van der Waals surface area contributed by atoms with E-state index in [1.165, 1.54) is 52.6 Å². The molecular weight excluding hydrogens is 372 g/mol. The topological polar surface area (TPSA) is 24.9 Å². The molecule has 0 amide bonds. The van der Waals surface area contributed by atoms with Crippen molar-refractivity contribution >= 4 is 12.8 Å². The molecule has 1 unspecified atom stereocenters. The zero-order chi connectivity index (χ0) is 20.5. The monoisotopic (exact) mass is 404 g/mol. The Bertz CT molecular complexity index is 875. The van der Waals surface area contributed by atoms with E-state index in [1.54, 1.807) is 0 Å². The number of pyridine rings is 1. The van der Waals surface area contributed by atoms with Crippen molar-refractivity contribution in [2.45, 2.75) is 51.9 Å². The zero-order valence-electron chi connectivity index (χ0n) is 17.6. The molecule has 0 saturated carbocycles. The van der Waals surface area contributed by atoms with Crippen LogP contribution in [0.15, 0.2) is 67.0 Å². The zero-order valence-corrected chi connectivity index (χ0v) is 18.5. The van der Waals surface area contributed by atoms with Crippen LogP contribution in [0.5, 0.6) is 0 Å². The molecule has 0 aliphatic carbocycles. The second-order valence-corrected chi connectivity index (χ2v) is 8.18. The van der Waals surface area contributed by atoms with Gasteiger partial charge in [0.15, 0.2) is 0 Å². The highest BCUT2D eigenvalue weighted by molar-refractivity contribution is 7.78. The Balaban J connectivity index is 1.64. The SMILES string of the molecule is Cc1cccc(-c2ccc(C(CCCCc3ccncc3)CCNS)cc2)c1C. The molecule has 2 nitrogen and oxygen atoms in total. The molecule has 0 radical (unpaired) electrons. The van der Waals surface area contributed by atoms with Gasteiger partial charge in [0.25, 0.3) is 0 Å². The summed E-state index contributed by atoms with van der Waals surface area (Å²) in [5.74, 6) is 0.569. The Hall–Kier alpha value is -2.10. The number of nitrogens with one attached hydrogen (secondary N) is 1. The van der Waals surface area contributed by atoms with E-state index in [4.69, 9.17) is 0 Å². The first-order valence-electron chi connectivity index (χ1n) is 10.6. The third-order valence-electron chi connectivity index (χ3n) is 5.92. The fourth-order valence-electron chi connectivity index (χ4n) is 3.98. The minimum atomic E-state index is 0.569. The fourth-order valence-corrected chi connectivity index (χ4v) is 4.11. The summed E-state index contributed by atoms with van der Waals surface area (Å²) in [5, 5.41) is 0. The maximum atomic E-state index is 4.19. The van der Waals surface area contributed by atoms with Crippen LogP contribution >= 0.6 is 12.8 Å². The van der Waals surface area contributed by atoms with E-state index in [-0.39, 0.29) is 0 Å². The molecule has 2 aromatic carbocycles. The molecule has 29 heavy (non-hydrogen) atoms. The maximum Gasteiger partial charge on any atom is 0.0270 e. The average Bonchev–Trinajstić information content (AvgIpc) is 2.76. The lowest BCUT2D eigenvalue weighted by Crippen LogP contribution is -2.09. The number of aromatic nitrogens is 1. The first-order valence-corrected chi connectivity index (χ1v) is 11.1. The molecule has 0 bridgehead atoms. The number of rotatable bonds is 10. The Morgan fingerprint density at radius 3 is 2.38 bits per heavy atom. The highest BCUT2D eigenvalue weighted by Crippen LogP contribution is 2.30.